The summed E-state index contributed by atoms with van der Waals surface area (Å²) in [6.45, 7) is 1.62. The smallest absolute Gasteiger partial charge is 0.185 e. The number of ether oxygens (including phenoxy) is 2. The maximum Gasteiger partial charge on any atom is 0.185 e. The number of fused-ring (bicyclic) bond motifs is 1. The number of methoxy groups -OCH3 is 2. The molecule has 6 nitrogen and oxygen atoms in total. The quantitative estimate of drug-likeness (QED) is 0.412. The minimum atomic E-state index is 0.151. The van der Waals surface area contributed by atoms with E-state index in [2.05, 4.69) is 22.4 Å². The van der Waals surface area contributed by atoms with E-state index in [1.54, 1.807) is 14.2 Å². The molecule has 0 saturated heterocycles. The lowest BCUT2D eigenvalue weighted by Gasteiger charge is -2.28. The third kappa shape index (κ3) is 3.78. The summed E-state index contributed by atoms with van der Waals surface area (Å²) in [5.41, 5.74) is 13.3. The standard InChI is InChI=1S/C15H24N4O2/c1-20-13-8-10-5-7-18-12(4-3-6-19-15(16)17)11(10)9-14(13)21-2/h8-9,12,18H,3-7H2,1-2H3,(H4,16,17,19)/t12-/m0/s1. The van der Waals surface area contributed by atoms with Gasteiger partial charge in [0.1, 0.15) is 0 Å². The Labute approximate surface area is 125 Å². The number of rotatable bonds is 6. The fraction of sp³-hybridized carbons (Fsp3) is 0.533. The van der Waals surface area contributed by atoms with E-state index in [4.69, 9.17) is 20.9 Å². The number of nitrogens with two attached hydrogens (primary N) is 2. The summed E-state index contributed by atoms with van der Waals surface area (Å²) in [7, 11) is 3.33. The van der Waals surface area contributed by atoms with Gasteiger partial charge in [-0.3, -0.25) is 4.99 Å². The van der Waals surface area contributed by atoms with Crippen LogP contribution in [0.2, 0.25) is 0 Å². The highest BCUT2D eigenvalue weighted by molar-refractivity contribution is 5.75. The van der Waals surface area contributed by atoms with E-state index in [1.165, 1.54) is 11.1 Å². The topological polar surface area (TPSA) is 94.9 Å². The number of nitrogens with one attached hydrogen (secondary N) is 1. The van der Waals surface area contributed by atoms with Crippen molar-refractivity contribution in [2.75, 3.05) is 27.3 Å². The second-order valence-corrected chi connectivity index (χ2v) is 5.11. The molecule has 0 fully saturated rings. The maximum absolute atomic E-state index is 5.40. The molecular weight excluding hydrogens is 268 g/mol. The molecule has 1 aliphatic rings. The van der Waals surface area contributed by atoms with Crippen molar-refractivity contribution in [3.8, 4) is 11.5 Å². The van der Waals surface area contributed by atoms with Gasteiger partial charge in [0.2, 0.25) is 0 Å². The summed E-state index contributed by atoms with van der Waals surface area (Å²) >= 11 is 0. The Balaban J connectivity index is 2.12. The van der Waals surface area contributed by atoms with Crippen LogP contribution in [0.3, 0.4) is 0 Å². The zero-order valence-corrected chi connectivity index (χ0v) is 12.7. The molecule has 0 amide bonds. The van der Waals surface area contributed by atoms with Gasteiger partial charge < -0.3 is 26.3 Å². The molecule has 5 N–H and O–H groups in total. The first-order valence-corrected chi connectivity index (χ1v) is 7.19. The van der Waals surface area contributed by atoms with Crippen LogP contribution in [0.5, 0.6) is 11.5 Å². The molecule has 2 rings (SSSR count). The zero-order chi connectivity index (χ0) is 15.2. The summed E-state index contributed by atoms with van der Waals surface area (Å²) in [6, 6.07) is 4.46. The van der Waals surface area contributed by atoms with E-state index in [9.17, 15) is 0 Å². The van der Waals surface area contributed by atoms with Gasteiger partial charge >= 0.3 is 0 Å². The molecule has 0 aromatic heterocycles. The number of guanidine groups is 1. The predicted octanol–water partition coefficient (Wildman–Crippen LogP) is 0.944. The van der Waals surface area contributed by atoms with Gasteiger partial charge in [-0.2, -0.15) is 0 Å². The van der Waals surface area contributed by atoms with Crippen molar-refractivity contribution < 1.29 is 9.47 Å². The Bertz CT molecular complexity index is 513. The molecule has 1 atom stereocenters. The van der Waals surface area contributed by atoms with E-state index < -0.39 is 0 Å². The van der Waals surface area contributed by atoms with Crippen molar-refractivity contribution >= 4 is 5.96 Å². The third-order valence-electron chi connectivity index (χ3n) is 3.75. The van der Waals surface area contributed by atoms with Gasteiger partial charge in [0.25, 0.3) is 0 Å². The molecule has 0 radical (unpaired) electrons. The number of hydrogen-bond donors (Lipinski definition) is 3. The van der Waals surface area contributed by atoms with E-state index in [1.807, 2.05) is 0 Å². The second kappa shape index (κ2) is 7.17. The fourth-order valence-corrected chi connectivity index (χ4v) is 2.73. The van der Waals surface area contributed by atoms with Gasteiger partial charge in [-0.25, -0.2) is 0 Å². The van der Waals surface area contributed by atoms with Gasteiger partial charge in [0.05, 0.1) is 14.2 Å². The first-order chi connectivity index (χ1) is 10.2. The fourth-order valence-electron chi connectivity index (χ4n) is 2.73. The predicted molar refractivity (Wildman–Crippen MR) is 83.9 cm³/mol. The summed E-state index contributed by atoms with van der Waals surface area (Å²) in [5, 5.41) is 3.54. The van der Waals surface area contributed by atoms with Crippen LogP contribution in [0.1, 0.15) is 30.0 Å². The van der Waals surface area contributed by atoms with Gasteiger partial charge in [0.15, 0.2) is 17.5 Å². The Morgan fingerprint density at radius 1 is 1.29 bits per heavy atom. The third-order valence-corrected chi connectivity index (χ3v) is 3.75. The number of benzene rings is 1. The minimum Gasteiger partial charge on any atom is -0.493 e. The van der Waals surface area contributed by atoms with E-state index in [0.717, 1.165) is 37.3 Å². The van der Waals surface area contributed by atoms with Gasteiger partial charge in [-0.1, -0.05) is 0 Å². The van der Waals surface area contributed by atoms with E-state index in [-0.39, 0.29) is 5.96 Å². The summed E-state index contributed by atoms with van der Waals surface area (Å²) < 4.78 is 10.8. The molecule has 1 heterocycles. The lowest BCUT2D eigenvalue weighted by atomic mass is 9.91. The number of aliphatic imine (C=N–C) groups is 1. The van der Waals surface area contributed by atoms with E-state index >= 15 is 0 Å². The largest absolute Gasteiger partial charge is 0.493 e. The van der Waals surface area contributed by atoms with Crippen LogP contribution in [-0.2, 0) is 6.42 Å². The van der Waals surface area contributed by atoms with Crippen LogP contribution >= 0.6 is 0 Å². The van der Waals surface area contributed by atoms with Crippen LogP contribution in [0.15, 0.2) is 17.1 Å². The van der Waals surface area contributed by atoms with Crippen molar-refractivity contribution in [1.82, 2.24) is 5.32 Å². The lowest BCUT2D eigenvalue weighted by molar-refractivity contribution is 0.351. The molecule has 0 saturated carbocycles. The summed E-state index contributed by atoms with van der Waals surface area (Å²) in [5.74, 6) is 1.71. The van der Waals surface area contributed by atoms with Crippen molar-refractivity contribution in [1.29, 1.82) is 0 Å². The molecule has 1 aromatic carbocycles. The average molecular weight is 292 g/mol. The highest BCUT2D eigenvalue weighted by atomic mass is 16.5. The SMILES string of the molecule is COc1cc2c(cc1OC)[C@H](CCCN=C(N)N)NCC2. The highest BCUT2D eigenvalue weighted by Crippen LogP contribution is 2.36. The molecule has 116 valence electrons. The molecule has 0 aliphatic carbocycles. The van der Waals surface area contributed by atoms with Gasteiger partial charge in [0, 0.05) is 12.6 Å². The lowest BCUT2D eigenvalue weighted by Crippen LogP contribution is -2.30. The van der Waals surface area contributed by atoms with Gasteiger partial charge in [-0.05, 0) is 49.1 Å². The highest BCUT2D eigenvalue weighted by Gasteiger charge is 2.22. The van der Waals surface area contributed by atoms with Crippen molar-refractivity contribution in [3.63, 3.8) is 0 Å². The summed E-state index contributed by atoms with van der Waals surface area (Å²) in [4.78, 5) is 4.03. The van der Waals surface area contributed by atoms with Crippen molar-refractivity contribution in [3.05, 3.63) is 23.3 Å². The maximum atomic E-state index is 5.40. The van der Waals surface area contributed by atoms with E-state index in [0.29, 0.717) is 12.6 Å². The average Bonchev–Trinajstić information content (AvgIpc) is 2.49. The first-order valence-electron chi connectivity index (χ1n) is 7.19. The van der Waals surface area contributed by atoms with Crippen LogP contribution in [-0.4, -0.2) is 33.3 Å². The van der Waals surface area contributed by atoms with Crippen LogP contribution in [0.4, 0.5) is 0 Å². The molecule has 6 heteroatoms. The Kier molecular flexibility index (Phi) is 5.27. The number of nitrogens with zero attached hydrogens (tertiary/aromatic N) is 1. The van der Waals surface area contributed by atoms with Crippen LogP contribution in [0.25, 0.3) is 0 Å². The summed E-state index contributed by atoms with van der Waals surface area (Å²) in [6.07, 6.45) is 2.92. The molecule has 0 bridgehead atoms. The molecule has 21 heavy (non-hydrogen) atoms. The van der Waals surface area contributed by atoms with Crippen molar-refractivity contribution in [2.45, 2.75) is 25.3 Å². The van der Waals surface area contributed by atoms with Crippen LogP contribution < -0.4 is 26.3 Å². The Morgan fingerprint density at radius 2 is 2.00 bits per heavy atom. The first kappa shape index (κ1) is 15.4. The minimum absolute atomic E-state index is 0.151. The van der Waals surface area contributed by atoms with Crippen LogP contribution in [0, 0.1) is 0 Å². The second-order valence-electron chi connectivity index (χ2n) is 5.11. The molecule has 1 aliphatic heterocycles. The van der Waals surface area contributed by atoms with Gasteiger partial charge in [-0.15, -0.1) is 0 Å². The zero-order valence-electron chi connectivity index (χ0n) is 12.7. The molecule has 1 aromatic rings. The Morgan fingerprint density at radius 3 is 2.67 bits per heavy atom. The molecule has 0 spiro atoms. The monoisotopic (exact) mass is 292 g/mol. The molecule has 0 unspecified atom stereocenters. The molecular formula is C15H24N4O2. The van der Waals surface area contributed by atoms with Crippen molar-refractivity contribution in [2.24, 2.45) is 16.5 Å². The number of hydrogen-bond acceptors (Lipinski definition) is 4. The Hall–Kier alpha value is -1.95. The normalized spacial score (nSPS) is 17.0.